The van der Waals surface area contributed by atoms with E-state index in [1.54, 1.807) is 0 Å². The van der Waals surface area contributed by atoms with Crippen molar-refractivity contribution in [2.75, 3.05) is 52.5 Å². The topological polar surface area (TPSA) is 114 Å². The molecule has 1 aromatic heterocycles. The molecule has 3 N–H and O–H groups in total. The molecule has 30 heavy (non-hydrogen) atoms. The fourth-order valence-electron chi connectivity index (χ4n) is 3.86. The molecule has 1 amide bonds. The van der Waals surface area contributed by atoms with Crippen LogP contribution < -0.4 is 11.1 Å². The number of nitrogens with two attached hydrogens (primary N) is 1. The van der Waals surface area contributed by atoms with E-state index in [4.69, 9.17) is 15.5 Å². The summed E-state index contributed by atoms with van der Waals surface area (Å²) in [6, 6.07) is 0. The highest BCUT2D eigenvalue weighted by Crippen LogP contribution is 2.19. The van der Waals surface area contributed by atoms with Crippen molar-refractivity contribution in [2.45, 2.75) is 32.7 Å². The van der Waals surface area contributed by atoms with Gasteiger partial charge in [-0.15, -0.1) is 34.2 Å². The summed E-state index contributed by atoms with van der Waals surface area (Å²) in [4.78, 5) is 20.8. The highest BCUT2D eigenvalue weighted by Gasteiger charge is 2.24. The van der Waals surface area contributed by atoms with Crippen LogP contribution in [0.2, 0.25) is 0 Å². The molecule has 3 rings (SSSR count). The minimum atomic E-state index is -0.231. The van der Waals surface area contributed by atoms with Gasteiger partial charge in [0.05, 0.1) is 13.2 Å². The van der Waals surface area contributed by atoms with E-state index in [1.165, 1.54) is 0 Å². The Labute approximate surface area is 195 Å². The van der Waals surface area contributed by atoms with Crippen molar-refractivity contribution < 1.29 is 9.53 Å². The molecule has 1 unspecified atom stereocenters. The van der Waals surface area contributed by atoms with Crippen molar-refractivity contribution in [3.63, 3.8) is 0 Å². The number of ether oxygens (including phenoxy) is 1. The number of morpholine rings is 1. The predicted molar refractivity (Wildman–Crippen MR) is 126 cm³/mol. The van der Waals surface area contributed by atoms with Gasteiger partial charge in [-0.05, 0) is 25.7 Å². The van der Waals surface area contributed by atoms with Gasteiger partial charge < -0.3 is 25.3 Å². The van der Waals surface area contributed by atoms with Gasteiger partial charge in [-0.2, -0.15) is 0 Å². The first-order chi connectivity index (χ1) is 14.0. The van der Waals surface area contributed by atoms with Gasteiger partial charge in [0.2, 0.25) is 5.91 Å². The van der Waals surface area contributed by atoms with Crippen molar-refractivity contribution in [3.8, 4) is 0 Å². The number of aliphatic imine (C=N–C) groups is 1. The molecular formula is C19H35IN8O2. The predicted octanol–water partition coefficient (Wildman–Crippen LogP) is 0.107. The number of carbonyl (C=O) groups is 1. The number of guanidine groups is 1. The molecule has 2 aliphatic heterocycles. The van der Waals surface area contributed by atoms with Crippen LogP contribution in [-0.2, 0) is 23.1 Å². The van der Waals surface area contributed by atoms with Gasteiger partial charge >= 0.3 is 0 Å². The second-order valence-electron chi connectivity index (χ2n) is 7.87. The van der Waals surface area contributed by atoms with Crippen LogP contribution in [0.3, 0.4) is 0 Å². The fourth-order valence-corrected chi connectivity index (χ4v) is 3.86. The van der Waals surface area contributed by atoms with Crippen LogP contribution in [0.1, 0.15) is 30.9 Å². The molecule has 11 heteroatoms. The number of amides is 1. The molecule has 3 heterocycles. The van der Waals surface area contributed by atoms with Crippen molar-refractivity contribution in [2.24, 2.45) is 23.7 Å². The third-order valence-electron chi connectivity index (χ3n) is 5.68. The van der Waals surface area contributed by atoms with Crippen LogP contribution in [0.15, 0.2) is 4.99 Å². The largest absolute Gasteiger partial charge is 0.379 e. The van der Waals surface area contributed by atoms with Crippen LogP contribution in [0.4, 0.5) is 0 Å². The summed E-state index contributed by atoms with van der Waals surface area (Å²) < 4.78 is 7.38. The Kier molecular flexibility index (Phi) is 10.2. The van der Waals surface area contributed by atoms with E-state index in [9.17, 15) is 4.79 Å². The van der Waals surface area contributed by atoms with E-state index in [0.29, 0.717) is 13.0 Å². The Balaban J connectivity index is 0.00000320. The van der Waals surface area contributed by atoms with Gasteiger partial charge in [0.15, 0.2) is 11.8 Å². The van der Waals surface area contributed by atoms with E-state index >= 15 is 0 Å². The van der Waals surface area contributed by atoms with E-state index in [0.717, 1.165) is 82.9 Å². The smallest absolute Gasteiger partial charge is 0.217 e. The molecule has 170 valence electrons. The molecule has 2 fully saturated rings. The maximum absolute atomic E-state index is 11.4. The number of aromatic nitrogens is 3. The summed E-state index contributed by atoms with van der Waals surface area (Å²) >= 11 is 0. The minimum absolute atomic E-state index is 0. The Morgan fingerprint density at radius 1 is 1.30 bits per heavy atom. The molecule has 0 aliphatic carbocycles. The van der Waals surface area contributed by atoms with Crippen LogP contribution in [0.5, 0.6) is 0 Å². The number of aryl methyl sites for hydroxylation is 1. The van der Waals surface area contributed by atoms with Crippen molar-refractivity contribution in [3.05, 3.63) is 11.6 Å². The second kappa shape index (κ2) is 12.4. The Morgan fingerprint density at radius 3 is 2.73 bits per heavy atom. The molecule has 2 aliphatic rings. The lowest BCUT2D eigenvalue weighted by Gasteiger charge is -2.35. The molecular weight excluding hydrogens is 499 g/mol. The van der Waals surface area contributed by atoms with Crippen LogP contribution in [-0.4, -0.2) is 88.9 Å². The summed E-state index contributed by atoms with van der Waals surface area (Å²) in [5, 5.41) is 11.9. The van der Waals surface area contributed by atoms with Gasteiger partial charge in [-0.1, -0.05) is 0 Å². The first kappa shape index (κ1) is 24.8. The molecule has 0 bridgehead atoms. The molecule has 2 saturated heterocycles. The number of piperidine rings is 1. The summed E-state index contributed by atoms with van der Waals surface area (Å²) in [7, 11) is 1.95. The van der Waals surface area contributed by atoms with Crippen LogP contribution in [0, 0.1) is 12.8 Å². The Morgan fingerprint density at radius 2 is 2.07 bits per heavy atom. The lowest BCUT2D eigenvalue weighted by molar-refractivity contribution is -0.119. The third-order valence-corrected chi connectivity index (χ3v) is 5.68. The van der Waals surface area contributed by atoms with Gasteiger partial charge in [-0.25, -0.2) is 4.99 Å². The van der Waals surface area contributed by atoms with Crippen LogP contribution >= 0.6 is 24.0 Å². The summed E-state index contributed by atoms with van der Waals surface area (Å²) in [5.41, 5.74) is 5.42. The Hall–Kier alpha value is -1.47. The number of likely N-dealkylation sites (tertiary alicyclic amines) is 1. The van der Waals surface area contributed by atoms with Gasteiger partial charge in [0.25, 0.3) is 0 Å². The fraction of sp³-hybridized carbons (Fsp3) is 0.789. The number of hydrogen-bond donors (Lipinski definition) is 2. The van der Waals surface area contributed by atoms with E-state index in [1.807, 2.05) is 18.5 Å². The zero-order valence-corrected chi connectivity index (χ0v) is 20.4. The third kappa shape index (κ3) is 7.34. The second-order valence-corrected chi connectivity index (χ2v) is 7.87. The van der Waals surface area contributed by atoms with E-state index in [-0.39, 0.29) is 35.8 Å². The van der Waals surface area contributed by atoms with Crippen LogP contribution in [0.25, 0.3) is 0 Å². The Bertz CT molecular complexity index is 705. The van der Waals surface area contributed by atoms with Crippen molar-refractivity contribution in [1.29, 1.82) is 0 Å². The number of rotatable bonds is 7. The van der Waals surface area contributed by atoms with Gasteiger partial charge in [-0.3, -0.25) is 9.69 Å². The average molecular weight is 534 g/mol. The number of nitrogens with zero attached hydrogens (tertiary/aromatic N) is 6. The number of carbonyl (C=O) groups excluding carboxylic acids is 1. The average Bonchev–Trinajstić information content (AvgIpc) is 3.03. The zero-order valence-electron chi connectivity index (χ0n) is 18.0. The lowest BCUT2D eigenvalue weighted by Crippen LogP contribution is -2.49. The summed E-state index contributed by atoms with van der Waals surface area (Å²) in [6.45, 7) is 9.42. The molecule has 1 atom stereocenters. The lowest BCUT2D eigenvalue weighted by atomic mass is 9.95. The zero-order chi connectivity index (χ0) is 20.6. The molecule has 0 spiro atoms. The van der Waals surface area contributed by atoms with Gasteiger partial charge in [0.1, 0.15) is 12.4 Å². The van der Waals surface area contributed by atoms with Crippen molar-refractivity contribution >= 4 is 35.8 Å². The van der Waals surface area contributed by atoms with E-state index in [2.05, 4.69) is 25.3 Å². The monoisotopic (exact) mass is 534 g/mol. The standard InChI is InChI=1S/C19H34N8O2.HI/c1-15-23-24-18(25(15)2)13-22-19(21-5-7-26-8-10-29-11-9-26)27-6-3-4-16(14-27)12-17(20)28;/h16H,3-14H2,1-2H3,(H2,20,28)(H,21,22);1H. The van der Waals surface area contributed by atoms with Gasteiger partial charge in [0, 0.05) is 52.7 Å². The first-order valence-electron chi connectivity index (χ1n) is 10.5. The first-order valence-corrected chi connectivity index (χ1v) is 10.5. The normalized spacial score (nSPS) is 20.7. The molecule has 10 nitrogen and oxygen atoms in total. The minimum Gasteiger partial charge on any atom is -0.379 e. The number of hydrogen-bond acceptors (Lipinski definition) is 6. The summed E-state index contributed by atoms with van der Waals surface area (Å²) in [5.74, 6) is 2.63. The summed E-state index contributed by atoms with van der Waals surface area (Å²) in [6.07, 6.45) is 2.49. The molecule has 0 saturated carbocycles. The molecule has 0 aromatic carbocycles. The SMILES string of the molecule is Cc1nnc(CN=C(NCCN2CCOCC2)N2CCCC(CC(N)=O)C2)n1C.I. The molecule has 1 aromatic rings. The number of halogens is 1. The number of nitrogens with one attached hydrogen (secondary N) is 1. The molecule has 0 radical (unpaired) electrons. The highest BCUT2D eigenvalue weighted by atomic mass is 127. The highest BCUT2D eigenvalue weighted by molar-refractivity contribution is 14.0. The van der Waals surface area contributed by atoms with Crippen molar-refractivity contribution in [1.82, 2.24) is 29.9 Å². The van der Waals surface area contributed by atoms with E-state index < -0.39 is 0 Å². The number of primary amides is 1. The maximum Gasteiger partial charge on any atom is 0.217 e. The quantitative estimate of drug-likeness (QED) is 0.290. The maximum atomic E-state index is 11.4.